The standard InChI is InChI=1S/C13H15NO5/c1-7-9(13(18)19)4-5-14(7)12(17)10-6-8(15)2-3-11(10)16/h2-3,6-7,9,15-16H,4-5H2,1H3,(H,18,19). The van der Waals surface area contributed by atoms with Crippen LogP contribution in [0.2, 0.25) is 0 Å². The fourth-order valence-electron chi connectivity index (χ4n) is 2.41. The van der Waals surface area contributed by atoms with Crippen molar-refractivity contribution in [2.75, 3.05) is 6.54 Å². The highest BCUT2D eigenvalue weighted by molar-refractivity contribution is 5.98. The zero-order valence-electron chi connectivity index (χ0n) is 10.4. The summed E-state index contributed by atoms with van der Waals surface area (Å²) in [5, 5.41) is 28.0. The molecule has 1 heterocycles. The lowest BCUT2D eigenvalue weighted by Crippen LogP contribution is -2.37. The van der Waals surface area contributed by atoms with Gasteiger partial charge in [0.15, 0.2) is 0 Å². The maximum atomic E-state index is 12.3. The summed E-state index contributed by atoms with van der Waals surface area (Å²) < 4.78 is 0. The number of amides is 1. The predicted octanol–water partition coefficient (Wildman–Crippen LogP) is 1.03. The van der Waals surface area contributed by atoms with Gasteiger partial charge < -0.3 is 20.2 Å². The van der Waals surface area contributed by atoms with E-state index in [9.17, 15) is 19.8 Å². The number of carbonyl (C=O) groups is 2. The van der Waals surface area contributed by atoms with Crippen LogP contribution in [0.25, 0.3) is 0 Å². The Balaban J connectivity index is 2.26. The zero-order chi connectivity index (χ0) is 14.2. The number of aromatic hydroxyl groups is 2. The summed E-state index contributed by atoms with van der Waals surface area (Å²) in [6.45, 7) is 2.00. The molecule has 0 aromatic heterocycles. The van der Waals surface area contributed by atoms with Crippen LogP contribution >= 0.6 is 0 Å². The number of carbonyl (C=O) groups excluding carboxylic acids is 1. The molecule has 1 aliphatic heterocycles. The largest absolute Gasteiger partial charge is 0.508 e. The van der Waals surface area contributed by atoms with E-state index in [0.717, 1.165) is 0 Å². The van der Waals surface area contributed by atoms with Gasteiger partial charge in [-0.15, -0.1) is 0 Å². The van der Waals surface area contributed by atoms with Crippen molar-refractivity contribution in [1.29, 1.82) is 0 Å². The maximum Gasteiger partial charge on any atom is 0.308 e. The van der Waals surface area contributed by atoms with Crippen molar-refractivity contribution in [2.24, 2.45) is 5.92 Å². The molecule has 19 heavy (non-hydrogen) atoms. The molecule has 0 saturated carbocycles. The van der Waals surface area contributed by atoms with Gasteiger partial charge in [-0.2, -0.15) is 0 Å². The van der Waals surface area contributed by atoms with Gasteiger partial charge in [-0.1, -0.05) is 0 Å². The highest BCUT2D eigenvalue weighted by Gasteiger charge is 2.38. The quantitative estimate of drug-likeness (QED) is 0.694. The van der Waals surface area contributed by atoms with E-state index in [-0.39, 0.29) is 17.1 Å². The average molecular weight is 265 g/mol. The van der Waals surface area contributed by atoms with Gasteiger partial charge in [-0.25, -0.2) is 0 Å². The van der Waals surface area contributed by atoms with Crippen molar-refractivity contribution in [3.05, 3.63) is 23.8 Å². The van der Waals surface area contributed by atoms with E-state index in [0.29, 0.717) is 13.0 Å². The summed E-state index contributed by atoms with van der Waals surface area (Å²) >= 11 is 0. The van der Waals surface area contributed by atoms with Gasteiger partial charge in [0.2, 0.25) is 0 Å². The Labute approximate surface area is 109 Å². The Morgan fingerprint density at radius 2 is 2.00 bits per heavy atom. The number of aliphatic carboxylic acids is 1. The second-order valence-electron chi connectivity index (χ2n) is 4.67. The number of nitrogens with zero attached hydrogens (tertiary/aromatic N) is 1. The minimum Gasteiger partial charge on any atom is -0.508 e. The smallest absolute Gasteiger partial charge is 0.308 e. The average Bonchev–Trinajstić information content (AvgIpc) is 2.73. The number of rotatable bonds is 2. The summed E-state index contributed by atoms with van der Waals surface area (Å²) in [4.78, 5) is 24.7. The molecule has 1 fully saturated rings. The second-order valence-corrected chi connectivity index (χ2v) is 4.67. The molecule has 1 aromatic carbocycles. The first kappa shape index (κ1) is 13.2. The number of likely N-dealkylation sites (tertiary alicyclic amines) is 1. The maximum absolute atomic E-state index is 12.3. The third kappa shape index (κ3) is 2.33. The van der Waals surface area contributed by atoms with Crippen LogP contribution in [0.1, 0.15) is 23.7 Å². The fraction of sp³-hybridized carbons (Fsp3) is 0.385. The first-order valence-corrected chi connectivity index (χ1v) is 5.97. The highest BCUT2D eigenvalue weighted by Crippen LogP contribution is 2.29. The van der Waals surface area contributed by atoms with E-state index >= 15 is 0 Å². The summed E-state index contributed by atoms with van der Waals surface area (Å²) in [5.41, 5.74) is -0.0158. The summed E-state index contributed by atoms with van der Waals surface area (Å²) in [7, 11) is 0. The highest BCUT2D eigenvalue weighted by atomic mass is 16.4. The molecule has 2 unspecified atom stereocenters. The molecular formula is C13H15NO5. The van der Waals surface area contributed by atoms with Gasteiger partial charge in [-0.3, -0.25) is 9.59 Å². The molecule has 0 bridgehead atoms. The number of hydrogen-bond acceptors (Lipinski definition) is 4. The topological polar surface area (TPSA) is 98.1 Å². The predicted molar refractivity (Wildman–Crippen MR) is 66.0 cm³/mol. The van der Waals surface area contributed by atoms with Gasteiger partial charge in [0.1, 0.15) is 11.5 Å². The van der Waals surface area contributed by atoms with Crippen LogP contribution < -0.4 is 0 Å². The second kappa shape index (κ2) is 4.79. The SMILES string of the molecule is CC1C(C(=O)O)CCN1C(=O)c1cc(O)ccc1O. The van der Waals surface area contributed by atoms with Crippen molar-refractivity contribution in [3.8, 4) is 11.5 Å². The van der Waals surface area contributed by atoms with E-state index in [1.54, 1.807) is 6.92 Å². The monoisotopic (exact) mass is 265 g/mol. The number of benzene rings is 1. The van der Waals surface area contributed by atoms with Crippen LogP contribution in [0.4, 0.5) is 0 Å². The fourth-order valence-corrected chi connectivity index (χ4v) is 2.41. The number of hydrogen-bond donors (Lipinski definition) is 3. The molecule has 1 aliphatic rings. The third-order valence-electron chi connectivity index (χ3n) is 3.54. The molecule has 0 radical (unpaired) electrons. The van der Waals surface area contributed by atoms with Crippen LogP contribution in [0.3, 0.4) is 0 Å². The number of carboxylic acids is 1. The van der Waals surface area contributed by atoms with Gasteiger partial charge in [0, 0.05) is 12.6 Å². The Morgan fingerprint density at radius 3 is 2.58 bits per heavy atom. The number of phenols is 2. The Morgan fingerprint density at radius 1 is 1.32 bits per heavy atom. The van der Waals surface area contributed by atoms with Gasteiger partial charge in [0.25, 0.3) is 5.91 Å². The van der Waals surface area contributed by atoms with E-state index in [1.165, 1.54) is 23.1 Å². The van der Waals surface area contributed by atoms with Gasteiger partial charge in [0.05, 0.1) is 11.5 Å². The summed E-state index contributed by atoms with van der Waals surface area (Å²) in [6.07, 6.45) is 0.391. The lowest BCUT2D eigenvalue weighted by molar-refractivity contribution is -0.142. The molecule has 1 amide bonds. The molecule has 0 aliphatic carbocycles. The molecule has 3 N–H and O–H groups in total. The first-order valence-electron chi connectivity index (χ1n) is 5.97. The van der Waals surface area contributed by atoms with E-state index in [4.69, 9.17) is 5.11 Å². The molecule has 0 spiro atoms. The molecule has 2 rings (SSSR count). The molecule has 6 nitrogen and oxygen atoms in total. The normalized spacial score (nSPS) is 22.5. The van der Waals surface area contributed by atoms with Gasteiger partial charge in [-0.05, 0) is 31.5 Å². The van der Waals surface area contributed by atoms with Crippen LogP contribution in [0, 0.1) is 5.92 Å². The van der Waals surface area contributed by atoms with Crippen molar-refractivity contribution < 1.29 is 24.9 Å². The Hall–Kier alpha value is -2.24. The van der Waals surface area contributed by atoms with Gasteiger partial charge >= 0.3 is 5.97 Å². The lowest BCUT2D eigenvalue weighted by Gasteiger charge is -2.23. The third-order valence-corrected chi connectivity index (χ3v) is 3.54. The minimum absolute atomic E-state index is 0.0158. The molecule has 1 aromatic rings. The number of carboxylic acid groups (broad SMARTS) is 1. The molecule has 6 heteroatoms. The minimum atomic E-state index is -0.928. The zero-order valence-corrected chi connectivity index (χ0v) is 10.4. The lowest BCUT2D eigenvalue weighted by atomic mass is 10.0. The van der Waals surface area contributed by atoms with Crippen LogP contribution in [-0.4, -0.2) is 44.7 Å². The molecule has 1 saturated heterocycles. The Kier molecular flexibility index (Phi) is 3.33. The molecule has 102 valence electrons. The van der Waals surface area contributed by atoms with E-state index in [2.05, 4.69) is 0 Å². The van der Waals surface area contributed by atoms with Crippen LogP contribution in [0.5, 0.6) is 11.5 Å². The van der Waals surface area contributed by atoms with E-state index < -0.39 is 23.8 Å². The van der Waals surface area contributed by atoms with Crippen LogP contribution in [0.15, 0.2) is 18.2 Å². The Bertz CT molecular complexity index is 528. The summed E-state index contributed by atoms with van der Waals surface area (Å²) in [5.74, 6) is -2.34. The van der Waals surface area contributed by atoms with E-state index in [1.807, 2.05) is 0 Å². The van der Waals surface area contributed by atoms with Crippen molar-refractivity contribution in [2.45, 2.75) is 19.4 Å². The summed E-state index contributed by atoms with van der Waals surface area (Å²) in [6, 6.07) is 3.25. The molecule has 2 atom stereocenters. The molecular weight excluding hydrogens is 250 g/mol. The van der Waals surface area contributed by atoms with Crippen molar-refractivity contribution >= 4 is 11.9 Å². The van der Waals surface area contributed by atoms with Crippen molar-refractivity contribution in [1.82, 2.24) is 4.90 Å². The van der Waals surface area contributed by atoms with Crippen LogP contribution in [-0.2, 0) is 4.79 Å². The first-order chi connectivity index (χ1) is 8.91. The number of phenolic OH excluding ortho intramolecular Hbond substituents is 2. The van der Waals surface area contributed by atoms with Crippen molar-refractivity contribution in [3.63, 3.8) is 0 Å².